The van der Waals surface area contributed by atoms with Crippen molar-refractivity contribution in [3.8, 4) is 17.2 Å². The van der Waals surface area contributed by atoms with Gasteiger partial charge in [0.15, 0.2) is 11.5 Å². The van der Waals surface area contributed by atoms with Crippen LogP contribution in [0.2, 0.25) is 4.34 Å². The summed E-state index contributed by atoms with van der Waals surface area (Å²) in [6.07, 6.45) is 2.05. The van der Waals surface area contributed by atoms with Gasteiger partial charge in [-0.25, -0.2) is 0 Å². The Kier molecular flexibility index (Phi) is 3.61. The van der Waals surface area contributed by atoms with Crippen LogP contribution in [-0.4, -0.2) is 24.3 Å². The average molecular weight is 427 g/mol. The van der Waals surface area contributed by atoms with Crippen molar-refractivity contribution < 1.29 is 19.0 Å². The monoisotopic (exact) mass is 426 g/mol. The van der Waals surface area contributed by atoms with Gasteiger partial charge in [0.2, 0.25) is 12.7 Å². The zero-order chi connectivity index (χ0) is 19.6. The minimum Gasteiger partial charge on any atom is -0.492 e. The lowest BCUT2D eigenvalue weighted by molar-refractivity contribution is -0.120. The van der Waals surface area contributed by atoms with Crippen LogP contribution in [-0.2, 0) is 16.8 Å². The first-order valence-electron chi connectivity index (χ1n) is 9.21. The third-order valence-corrected chi connectivity index (χ3v) is 6.91. The van der Waals surface area contributed by atoms with E-state index in [1.54, 1.807) is 11.1 Å². The van der Waals surface area contributed by atoms with Gasteiger partial charge in [-0.3, -0.25) is 9.78 Å². The highest BCUT2D eigenvalue weighted by Crippen LogP contribution is 2.54. The molecule has 1 amide bonds. The van der Waals surface area contributed by atoms with Gasteiger partial charge in [-0.15, -0.1) is 11.3 Å². The van der Waals surface area contributed by atoms with E-state index in [1.165, 1.54) is 11.3 Å². The molecular weight excluding hydrogens is 412 g/mol. The lowest BCUT2D eigenvalue weighted by Gasteiger charge is -2.38. The van der Waals surface area contributed by atoms with Gasteiger partial charge < -0.3 is 19.1 Å². The lowest BCUT2D eigenvalue weighted by Crippen LogP contribution is -2.46. The van der Waals surface area contributed by atoms with Crippen molar-refractivity contribution in [1.82, 2.24) is 4.98 Å². The normalized spacial score (nSPS) is 21.3. The number of aromatic nitrogens is 1. The van der Waals surface area contributed by atoms with Crippen molar-refractivity contribution >= 4 is 34.5 Å². The predicted octanol–water partition coefficient (Wildman–Crippen LogP) is 4.14. The Morgan fingerprint density at radius 1 is 1.14 bits per heavy atom. The minimum absolute atomic E-state index is 0.0316. The number of hydrogen-bond acceptors (Lipinski definition) is 6. The molecule has 0 fully saturated rings. The number of pyridine rings is 1. The van der Waals surface area contributed by atoms with Gasteiger partial charge in [0.05, 0.1) is 27.7 Å². The maximum absolute atomic E-state index is 13.3. The molecule has 1 atom stereocenters. The number of rotatable bonds is 2. The van der Waals surface area contributed by atoms with Crippen LogP contribution < -0.4 is 19.1 Å². The molecule has 5 heterocycles. The molecule has 3 aromatic rings. The lowest BCUT2D eigenvalue weighted by atomic mass is 9.73. The molecule has 0 bridgehead atoms. The van der Waals surface area contributed by atoms with Crippen molar-refractivity contribution in [2.75, 3.05) is 18.3 Å². The summed E-state index contributed by atoms with van der Waals surface area (Å²) < 4.78 is 17.8. The number of amides is 1. The van der Waals surface area contributed by atoms with Crippen LogP contribution in [0.4, 0.5) is 5.69 Å². The second-order valence-corrected chi connectivity index (χ2v) is 9.11. The number of carbonyl (C=O) groups excluding carboxylic acids is 1. The van der Waals surface area contributed by atoms with E-state index in [9.17, 15) is 4.79 Å². The van der Waals surface area contributed by atoms with Gasteiger partial charge in [0, 0.05) is 29.1 Å². The molecule has 3 aliphatic heterocycles. The van der Waals surface area contributed by atoms with E-state index in [0.717, 1.165) is 27.6 Å². The topological polar surface area (TPSA) is 60.9 Å². The summed E-state index contributed by atoms with van der Waals surface area (Å²) in [4.78, 5) is 20.9. The van der Waals surface area contributed by atoms with E-state index in [0.29, 0.717) is 29.0 Å². The van der Waals surface area contributed by atoms with Gasteiger partial charge in [0.1, 0.15) is 12.4 Å². The Labute approximate surface area is 175 Å². The van der Waals surface area contributed by atoms with Crippen LogP contribution in [0.1, 0.15) is 22.6 Å². The number of ether oxygens (including phenoxy) is 3. The van der Waals surface area contributed by atoms with E-state index in [-0.39, 0.29) is 19.1 Å². The first kappa shape index (κ1) is 17.1. The van der Waals surface area contributed by atoms with E-state index >= 15 is 0 Å². The van der Waals surface area contributed by atoms with E-state index in [4.69, 9.17) is 30.8 Å². The van der Waals surface area contributed by atoms with Crippen LogP contribution in [0.3, 0.4) is 0 Å². The quantitative estimate of drug-likeness (QED) is 0.616. The smallest absolute Gasteiger partial charge is 0.231 e. The molecule has 6 rings (SSSR count). The molecule has 29 heavy (non-hydrogen) atoms. The molecule has 1 aromatic carbocycles. The summed E-state index contributed by atoms with van der Waals surface area (Å²) in [5.41, 5.74) is 1.95. The van der Waals surface area contributed by atoms with Gasteiger partial charge in [-0.05, 0) is 30.3 Å². The van der Waals surface area contributed by atoms with E-state index in [2.05, 4.69) is 0 Å². The molecule has 8 heteroatoms. The van der Waals surface area contributed by atoms with Crippen LogP contribution in [0.15, 0.2) is 42.6 Å². The number of fused-ring (bicyclic) bond motifs is 5. The third-order valence-electron chi connectivity index (χ3n) is 5.69. The highest BCUT2D eigenvalue weighted by atomic mass is 35.5. The summed E-state index contributed by atoms with van der Waals surface area (Å²) >= 11 is 7.56. The fourth-order valence-corrected chi connectivity index (χ4v) is 5.44. The second-order valence-electron chi connectivity index (χ2n) is 7.31. The molecule has 0 radical (unpaired) electrons. The molecule has 0 aliphatic carbocycles. The summed E-state index contributed by atoms with van der Waals surface area (Å²) in [6.45, 7) is 1.02. The van der Waals surface area contributed by atoms with Crippen molar-refractivity contribution in [2.45, 2.75) is 18.4 Å². The van der Waals surface area contributed by atoms with Crippen LogP contribution in [0.25, 0.3) is 0 Å². The minimum atomic E-state index is -0.631. The fraction of sp³-hybridized carbons (Fsp3) is 0.238. The Bertz CT molecular complexity index is 1160. The molecule has 0 saturated heterocycles. The predicted molar refractivity (Wildman–Crippen MR) is 108 cm³/mol. The Morgan fingerprint density at radius 3 is 2.83 bits per heavy atom. The Morgan fingerprint density at radius 2 is 2.00 bits per heavy atom. The van der Waals surface area contributed by atoms with Crippen molar-refractivity contribution in [1.29, 1.82) is 0 Å². The largest absolute Gasteiger partial charge is 0.492 e. The van der Waals surface area contributed by atoms with Crippen LogP contribution in [0, 0.1) is 0 Å². The molecule has 1 unspecified atom stereocenters. The molecular formula is C21H15ClN2O4S. The molecule has 6 nitrogen and oxygen atoms in total. The molecule has 0 N–H and O–H groups in total. The Balaban J connectivity index is 1.48. The number of halogens is 1. The van der Waals surface area contributed by atoms with E-state index in [1.807, 2.05) is 36.4 Å². The standard InChI is InChI=1S/C21H15ClN2O4S/c22-18-4-3-12(29-18)9-24-14-2-1-5-23-20(14)21(8-19(24)25)10-26-15-7-17-16(6-13(15)21)27-11-28-17/h1-7H,8-11H2. The Hall–Kier alpha value is -2.77. The van der Waals surface area contributed by atoms with E-state index < -0.39 is 5.41 Å². The van der Waals surface area contributed by atoms with Crippen LogP contribution in [0.5, 0.6) is 17.2 Å². The van der Waals surface area contributed by atoms with Gasteiger partial charge in [-0.2, -0.15) is 0 Å². The second kappa shape index (κ2) is 6.11. The summed E-state index contributed by atoms with van der Waals surface area (Å²) in [5.74, 6) is 2.09. The molecule has 0 saturated carbocycles. The SMILES string of the molecule is O=C1CC2(COc3cc4c(cc32)OCO4)c2ncccc2N1Cc1ccc(Cl)s1. The first-order chi connectivity index (χ1) is 14.1. The van der Waals surface area contributed by atoms with Crippen LogP contribution >= 0.6 is 22.9 Å². The van der Waals surface area contributed by atoms with Gasteiger partial charge in [0.25, 0.3) is 0 Å². The fourth-order valence-electron chi connectivity index (χ4n) is 4.36. The van der Waals surface area contributed by atoms with Crippen molar-refractivity contribution in [3.63, 3.8) is 0 Å². The maximum atomic E-state index is 13.3. The first-order valence-corrected chi connectivity index (χ1v) is 10.4. The van der Waals surface area contributed by atoms with Crippen molar-refractivity contribution in [3.05, 3.63) is 63.1 Å². The van der Waals surface area contributed by atoms with Gasteiger partial charge >= 0.3 is 0 Å². The van der Waals surface area contributed by atoms with Crippen molar-refractivity contribution in [2.24, 2.45) is 0 Å². The number of thiophene rings is 1. The molecule has 2 aromatic heterocycles. The number of benzene rings is 1. The van der Waals surface area contributed by atoms with Gasteiger partial charge in [-0.1, -0.05) is 11.6 Å². The molecule has 3 aliphatic rings. The summed E-state index contributed by atoms with van der Waals surface area (Å²) in [7, 11) is 0. The molecule has 1 spiro atoms. The number of anilines is 1. The number of carbonyl (C=O) groups is 1. The summed E-state index contributed by atoms with van der Waals surface area (Å²) in [6, 6.07) is 11.4. The highest BCUT2D eigenvalue weighted by molar-refractivity contribution is 7.16. The third kappa shape index (κ3) is 2.47. The maximum Gasteiger partial charge on any atom is 0.231 e. The highest BCUT2D eigenvalue weighted by Gasteiger charge is 2.51. The number of hydrogen-bond donors (Lipinski definition) is 0. The average Bonchev–Trinajstić information content (AvgIpc) is 3.43. The number of nitrogens with zero attached hydrogens (tertiary/aromatic N) is 2. The zero-order valence-electron chi connectivity index (χ0n) is 15.2. The summed E-state index contributed by atoms with van der Waals surface area (Å²) in [5, 5.41) is 0. The molecule has 146 valence electrons. The zero-order valence-corrected chi connectivity index (χ0v) is 16.8.